The summed E-state index contributed by atoms with van der Waals surface area (Å²) in [7, 11) is 0. The van der Waals surface area contributed by atoms with Gasteiger partial charge in [0.2, 0.25) is 5.91 Å². The highest BCUT2D eigenvalue weighted by Crippen LogP contribution is 2.21. The number of hydrogen-bond acceptors (Lipinski definition) is 3. The van der Waals surface area contributed by atoms with Gasteiger partial charge in [0.1, 0.15) is 12.6 Å². The summed E-state index contributed by atoms with van der Waals surface area (Å²) in [5.74, 6) is -0.794. The summed E-state index contributed by atoms with van der Waals surface area (Å²) in [4.78, 5) is 37.3. The predicted octanol–water partition coefficient (Wildman–Crippen LogP) is 1.60. The number of nitrogens with zero attached hydrogens (tertiary/aromatic N) is 1. The van der Waals surface area contributed by atoms with E-state index in [1.165, 1.54) is 0 Å². The predicted molar refractivity (Wildman–Crippen MR) is 87.7 cm³/mol. The number of benzene rings is 2. The molecule has 6 heteroatoms. The summed E-state index contributed by atoms with van der Waals surface area (Å²) in [6.07, 6.45) is 0. The van der Waals surface area contributed by atoms with E-state index in [0.717, 1.165) is 10.5 Å². The van der Waals surface area contributed by atoms with E-state index in [4.69, 9.17) is 0 Å². The Bertz CT molecular complexity index is 747. The third-order valence-electron chi connectivity index (χ3n) is 3.79. The molecule has 0 aliphatic carbocycles. The van der Waals surface area contributed by atoms with E-state index < -0.39 is 18.0 Å². The second-order valence-corrected chi connectivity index (χ2v) is 5.48. The summed E-state index contributed by atoms with van der Waals surface area (Å²) in [6, 6.07) is 17.1. The molecule has 0 bridgehead atoms. The summed E-state index contributed by atoms with van der Waals surface area (Å²) >= 11 is 0. The van der Waals surface area contributed by atoms with Crippen LogP contribution in [0.15, 0.2) is 60.7 Å². The Morgan fingerprint density at radius 3 is 2.29 bits per heavy atom. The largest absolute Gasteiger partial charge is 0.350 e. The van der Waals surface area contributed by atoms with Crippen molar-refractivity contribution in [3.05, 3.63) is 71.8 Å². The molecule has 2 aromatic carbocycles. The van der Waals surface area contributed by atoms with Crippen molar-refractivity contribution in [3.63, 3.8) is 0 Å². The van der Waals surface area contributed by atoms with Crippen LogP contribution in [0.25, 0.3) is 0 Å². The molecule has 2 N–H and O–H groups in total. The van der Waals surface area contributed by atoms with Crippen LogP contribution in [0.2, 0.25) is 0 Å². The fourth-order valence-corrected chi connectivity index (χ4v) is 2.54. The standard InChI is InChI=1S/C18H17N3O3/c22-15(19-11-13-7-3-1-4-8-13)12-21-17(23)16(20-18(21)24)14-9-5-2-6-10-14/h1-10,16H,11-12H2,(H,19,22)(H,20,24). The lowest BCUT2D eigenvalue weighted by Gasteiger charge is -2.13. The smallest absolute Gasteiger partial charge is 0.325 e. The number of rotatable bonds is 5. The number of nitrogens with one attached hydrogen (secondary N) is 2. The Balaban J connectivity index is 1.59. The molecule has 122 valence electrons. The second-order valence-electron chi connectivity index (χ2n) is 5.48. The van der Waals surface area contributed by atoms with Crippen LogP contribution < -0.4 is 10.6 Å². The molecule has 1 fully saturated rings. The SMILES string of the molecule is O=C(CN1C(=O)NC(c2ccccc2)C1=O)NCc1ccccc1. The minimum atomic E-state index is -0.736. The fraction of sp³-hybridized carbons (Fsp3) is 0.167. The van der Waals surface area contributed by atoms with Crippen molar-refractivity contribution in [2.24, 2.45) is 0 Å². The molecule has 0 aromatic heterocycles. The van der Waals surface area contributed by atoms with Crippen molar-refractivity contribution in [3.8, 4) is 0 Å². The molecule has 1 saturated heterocycles. The van der Waals surface area contributed by atoms with Crippen LogP contribution in [-0.2, 0) is 16.1 Å². The summed E-state index contributed by atoms with van der Waals surface area (Å²) in [5.41, 5.74) is 1.65. The van der Waals surface area contributed by atoms with Crippen LogP contribution in [0.1, 0.15) is 17.2 Å². The number of hydrogen-bond donors (Lipinski definition) is 2. The second kappa shape index (κ2) is 6.95. The molecule has 1 heterocycles. The molecule has 24 heavy (non-hydrogen) atoms. The molecule has 1 unspecified atom stereocenters. The zero-order valence-corrected chi connectivity index (χ0v) is 12.9. The quantitative estimate of drug-likeness (QED) is 0.820. The molecule has 0 saturated carbocycles. The van der Waals surface area contributed by atoms with Crippen molar-refractivity contribution in [2.45, 2.75) is 12.6 Å². The molecular formula is C18H17N3O3. The first kappa shape index (κ1) is 15.7. The average Bonchev–Trinajstić information content (AvgIpc) is 2.90. The maximum atomic E-state index is 12.4. The Morgan fingerprint density at radius 2 is 1.62 bits per heavy atom. The van der Waals surface area contributed by atoms with Crippen molar-refractivity contribution in [1.29, 1.82) is 0 Å². The minimum absolute atomic E-state index is 0.291. The fourth-order valence-electron chi connectivity index (χ4n) is 2.54. The molecule has 6 nitrogen and oxygen atoms in total. The lowest BCUT2D eigenvalue weighted by molar-refractivity contribution is -0.132. The van der Waals surface area contributed by atoms with Gasteiger partial charge >= 0.3 is 6.03 Å². The van der Waals surface area contributed by atoms with Gasteiger partial charge in [-0.05, 0) is 11.1 Å². The van der Waals surface area contributed by atoms with E-state index in [9.17, 15) is 14.4 Å². The van der Waals surface area contributed by atoms with E-state index >= 15 is 0 Å². The van der Waals surface area contributed by atoms with Crippen LogP contribution in [0.5, 0.6) is 0 Å². The highest BCUT2D eigenvalue weighted by molar-refractivity contribution is 6.06. The molecule has 3 rings (SSSR count). The highest BCUT2D eigenvalue weighted by Gasteiger charge is 2.39. The Kier molecular flexibility index (Phi) is 4.56. The molecule has 1 aliphatic heterocycles. The zero-order chi connectivity index (χ0) is 16.9. The maximum absolute atomic E-state index is 12.4. The normalized spacial score (nSPS) is 16.8. The van der Waals surface area contributed by atoms with Crippen LogP contribution in [0, 0.1) is 0 Å². The van der Waals surface area contributed by atoms with Gasteiger partial charge < -0.3 is 10.6 Å². The van der Waals surface area contributed by atoms with Crippen molar-refractivity contribution in [2.75, 3.05) is 6.54 Å². The average molecular weight is 323 g/mol. The first-order chi connectivity index (χ1) is 11.6. The Labute approximate surface area is 139 Å². The number of carbonyl (C=O) groups is 3. The first-order valence-electron chi connectivity index (χ1n) is 7.62. The monoisotopic (exact) mass is 323 g/mol. The Hall–Kier alpha value is -3.15. The van der Waals surface area contributed by atoms with Gasteiger partial charge in [0, 0.05) is 6.54 Å². The number of amides is 4. The Morgan fingerprint density at radius 1 is 1.00 bits per heavy atom. The maximum Gasteiger partial charge on any atom is 0.325 e. The minimum Gasteiger partial charge on any atom is -0.350 e. The van der Waals surface area contributed by atoms with Crippen LogP contribution in [0.3, 0.4) is 0 Å². The summed E-state index contributed by atoms with van der Waals surface area (Å²) in [5, 5.41) is 5.32. The van der Waals surface area contributed by atoms with E-state index in [-0.39, 0.29) is 12.5 Å². The van der Waals surface area contributed by atoms with Crippen LogP contribution in [-0.4, -0.2) is 29.3 Å². The van der Waals surface area contributed by atoms with Crippen molar-refractivity contribution in [1.82, 2.24) is 15.5 Å². The number of carbonyl (C=O) groups excluding carboxylic acids is 3. The van der Waals surface area contributed by atoms with Crippen molar-refractivity contribution < 1.29 is 14.4 Å². The van der Waals surface area contributed by atoms with Gasteiger partial charge in [0.25, 0.3) is 5.91 Å². The molecule has 2 aromatic rings. The third kappa shape index (κ3) is 3.43. The van der Waals surface area contributed by atoms with Gasteiger partial charge in [-0.3, -0.25) is 14.5 Å². The third-order valence-corrected chi connectivity index (χ3v) is 3.79. The van der Waals surface area contributed by atoms with Crippen molar-refractivity contribution >= 4 is 17.8 Å². The zero-order valence-electron chi connectivity index (χ0n) is 12.9. The molecule has 0 radical (unpaired) electrons. The molecular weight excluding hydrogens is 306 g/mol. The van der Waals surface area contributed by atoms with E-state index in [2.05, 4.69) is 10.6 Å². The molecule has 1 aliphatic rings. The van der Waals surface area contributed by atoms with E-state index in [1.807, 2.05) is 36.4 Å². The van der Waals surface area contributed by atoms with Gasteiger partial charge in [-0.2, -0.15) is 0 Å². The molecule has 1 atom stereocenters. The lowest BCUT2D eigenvalue weighted by atomic mass is 10.1. The number of urea groups is 1. The summed E-state index contributed by atoms with van der Waals surface area (Å²) < 4.78 is 0. The van der Waals surface area contributed by atoms with Crippen LogP contribution in [0.4, 0.5) is 4.79 Å². The molecule has 0 spiro atoms. The van der Waals surface area contributed by atoms with E-state index in [1.54, 1.807) is 24.3 Å². The topological polar surface area (TPSA) is 78.5 Å². The first-order valence-corrected chi connectivity index (χ1v) is 7.62. The van der Waals surface area contributed by atoms with Crippen LogP contribution >= 0.6 is 0 Å². The highest BCUT2D eigenvalue weighted by atomic mass is 16.2. The van der Waals surface area contributed by atoms with Gasteiger partial charge in [0.05, 0.1) is 0 Å². The summed E-state index contributed by atoms with van der Waals surface area (Å²) in [6.45, 7) is 0.0618. The lowest BCUT2D eigenvalue weighted by Crippen LogP contribution is -2.40. The van der Waals surface area contributed by atoms with Gasteiger partial charge in [-0.15, -0.1) is 0 Å². The van der Waals surface area contributed by atoms with E-state index in [0.29, 0.717) is 12.1 Å². The molecule has 4 amide bonds. The van der Waals surface area contributed by atoms with Gasteiger partial charge in [0.15, 0.2) is 0 Å². The van der Waals surface area contributed by atoms with Gasteiger partial charge in [-0.1, -0.05) is 60.7 Å². The number of imide groups is 1. The van der Waals surface area contributed by atoms with Gasteiger partial charge in [-0.25, -0.2) is 4.79 Å².